The molecule has 0 radical (unpaired) electrons. The van der Waals surface area contributed by atoms with Crippen LogP contribution in [0.4, 0.5) is 0 Å². The van der Waals surface area contributed by atoms with Gasteiger partial charge in [0.2, 0.25) is 0 Å². The van der Waals surface area contributed by atoms with Gasteiger partial charge in [-0.3, -0.25) is 0 Å². The molecule has 0 unspecified atom stereocenters. The van der Waals surface area contributed by atoms with Crippen LogP contribution in [-0.4, -0.2) is 15.5 Å². The topological polar surface area (TPSA) is 51.4 Å². The van der Waals surface area contributed by atoms with Crippen LogP contribution in [0.25, 0.3) is 5.65 Å². The summed E-state index contributed by atoms with van der Waals surface area (Å²) in [6, 6.07) is 4.36. The van der Waals surface area contributed by atoms with Crippen molar-refractivity contribution in [1.29, 1.82) is 0 Å². The summed E-state index contributed by atoms with van der Waals surface area (Å²) in [7, 11) is 0. The van der Waals surface area contributed by atoms with Gasteiger partial charge in [-0.05, 0) is 36.8 Å². The molecule has 1 aliphatic carbocycles. The molecule has 1 fully saturated rings. The van der Waals surface area contributed by atoms with Gasteiger partial charge in [0.15, 0.2) is 0 Å². The molecule has 4 nitrogen and oxygen atoms in total. The molecule has 17 heavy (non-hydrogen) atoms. The highest BCUT2D eigenvalue weighted by molar-refractivity contribution is 5.52. The van der Waals surface area contributed by atoms with Crippen LogP contribution in [-0.2, 0) is 16.0 Å². The third-order valence-electron chi connectivity index (χ3n) is 3.02. The molecule has 0 N–H and O–H groups in total. The van der Waals surface area contributed by atoms with E-state index in [2.05, 4.69) is 34.6 Å². The van der Waals surface area contributed by atoms with Crippen LogP contribution in [0, 0.1) is 0 Å². The number of rotatable bonds is 2. The van der Waals surface area contributed by atoms with Crippen LogP contribution in [0.2, 0.25) is 0 Å². The van der Waals surface area contributed by atoms with E-state index in [0.29, 0.717) is 0 Å². The summed E-state index contributed by atoms with van der Waals surface area (Å²) < 4.78 is 2.23. The number of fused-ring (bicyclic) bond motifs is 1. The first-order valence-electron chi connectivity index (χ1n) is 5.76. The number of aromatic nitrogens is 2. The minimum atomic E-state index is 0.250. The normalized spacial score (nSPS) is 13.9. The molecule has 0 spiro atoms. The zero-order chi connectivity index (χ0) is 12.3. The van der Waals surface area contributed by atoms with E-state index in [1.54, 1.807) is 0 Å². The van der Waals surface area contributed by atoms with Crippen molar-refractivity contribution < 1.29 is 9.59 Å². The smallest absolute Gasteiger partial charge is 0.304 e. The number of pyridine rings is 1. The van der Waals surface area contributed by atoms with E-state index in [1.807, 2.05) is 6.20 Å². The van der Waals surface area contributed by atoms with Crippen LogP contribution in [0.3, 0.4) is 0 Å². The van der Waals surface area contributed by atoms with Gasteiger partial charge < -0.3 is 4.40 Å². The van der Waals surface area contributed by atoms with Crippen molar-refractivity contribution in [3.63, 3.8) is 0 Å². The van der Waals surface area contributed by atoms with Crippen molar-refractivity contribution in [2.75, 3.05) is 0 Å². The number of carbonyl (C=O) groups excluding carboxylic acids is 2. The van der Waals surface area contributed by atoms with Crippen molar-refractivity contribution >= 4 is 11.8 Å². The second-order valence-electron chi connectivity index (χ2n) is 4.12. The molecule has 3 rings (SSSR count). The number of hydrogen-bond acceptors (Lipinski definition) is 3. The summed E-state index contributed by atoms with van der Waals surface area (Å²) in [5, 5.41) is 0. The summed E-state index contributed by atoms with van der Waals surface area (Å²) in [4.78, 5) is 20.8. The van der Waals surface area contributed by atoms with Gasteiger partial charge >= 0.3 is 6.15 Å². The Bertz CT molecular complexity index is 550. The van der Waals surface area contributed by atoms with Gasteiger partial charge in [0.05, 0.1) is 0 Å². The van der Waals surface area contributed by atoms with Crippen molar-refractivity contribution in [2.24, 2.45) is 0 Å². The summed E-state index contributed by atoms with van der Waals surface area (Å²) in [5.74, 6) is 0.783. The van der Waals surface area contributed by atoms with Gasteiger partial charge in [-0.2, -0.15) is 9.59 Å². The minimum Gasteiger partial charge on any atom is -0.304 e. The average Bonchev–Trinajstić information content (AvgIpc) is 3.09. The predicted octanol–water partition coefficient (Wildman–Crippen LogP) is 2.19. The maximum atomic E-state index is 8.12. The molecule has 2 heterocycles. The third kappa shape index (κ3) is 2.27. The quantitative estimate of drug-likeness (QED) is 0.794. The molecule has 88 valence electrons. The van der Waals surface area contributed by atoms with Crippen molar-refractivity contribution in [2.45, 2.75) is 32.1 Å². The lowest BCUT2D eigenvalue weighted by molar-refractivity contribution is -0.191. The predicted molar refractivity (Wildman–Crippen MR) is 61.6 cm³/mol. The highest BCUT2D eigenvalue weighted by atomic mass is 16.2. The summed E-state index contributed by atoms with van der Waals surface area (Å²) in [6.07, 6.45) is 8.10. The molecule has 0 aromatic carbocycles. The van der Waals surface area contributed by atoms with Crippen molar-refractivity contribution in [1.82, 2.24) is 9.38 Å². The summed E-state index contributed by atoms with van der Waals surface area (Å²) in [5.41, 5.74) is 3.92. The standard InChI is InChI=1S/C12H14N2.CO2/c1-2-10-8-13-12-11(9-5-6-9)4-3-7-14(10)12;2-1-3/h3-4,7-9H,2,5-6H2,1H3;. The first kappa shape index (κ1) is 11.6. The van der Waals surface area contributed by atoms with Gasteiger partial charge in [0.1, 0.15) is 5.65 Å². The third-order valence-corrected chi connectivity index (χ3v) is 3.02. The molecule has 1 aliphatic rings. The molecule has 0 saturated heterocycles. The Kier molecular flexibility index (Phi) is 3.35. The van der Waals surface area contributed by atoms with E-state index in [1.165, 1.54) is 29.7 Å². The maximum absolute atomic E-state index is 8.12. The maximum Gasteiger partial charge on any atom is 0.373 e. The van der Waals surface area contributed by atoms with Crippen molar-refractivity contribution in [3.05, 3.63) is 35.8 Å². The van der Waals surface area contributed by atoms with Crippen LogP contribution >= 0.6 is 0 Å². The lowest BCUT2D eigenvalue weighted by atomic mass is 10.2. The lowest BCUT2D eigenvalue weighted by Crippen LogP contribution is -1.93. The van der Waals surface area contributed by atoms with E-state index in [-0.39, 0.29) is 6.15 Å². The molecule has 0 bridgehead atoms. The molecule has 1 saturated carbocycles. The second-order valence-corrected chi connectivity index (χ2v) is 4.12. The van der Waals surface area contributed by atoms with Gasteiger partial charge in [0, 0.05) is 18.1 Å². The fourth-order valence-electron chi connectivity index (χ4n) is 2.06. The SMILES string of the molecule is CCc1cnc2c(C3CC3)cccn12.O=C=O. The van der Waals surface area contributed by atoms with E-state index in [9.17, 15) is 0 Å². The first-order valence-corrected chi connectivity index (χ1v) is 5.76. The van der Waals surface area contributed by atoms with Crippen LogP contribution in [0.15, 0.2) is 24.5 Å². The molecule has 0 amide bonds. The van der Waals surface area contributed by atoms with E-state index >= 15 is 0 Å². The monoisotopic (exact) mass is 230 g/mol. The molecular formula is C13H14N2O2. The summed E-state index contributed by atoms with van der Waals surface area (Å²) in [6.45, 7) is 2.17. The van der Waals surface area contributed by atoms with E-state index in [0.717, 1.165) is 12.3 Å². The number of aryl methyl sites for hydroxylation is 1. The van der Waals surface area contributed by atoms with Gasteiger partial charge in [-0.25, -0.2) is 4.98 Å². The largest absolute Gasteiger partial charge is 0.373 e. The minimum absolute atomic E-state index is 0.250. The highest BCUT2D eigenvalue weighted by Crippen LogP contribution is 2.41. The Morgan fingerprint density at radius 1 is 1.47 bits per heavy atom. The van der Waals surface area contributed by atoms with E-state index in [4.69, 9.17) is 9.59 Å². The van der Waals surface area contributed by atoms with Crippen LogP contribution < -0.4 is 0 Å². The zero-order valence-corrected chi connectivity index (χ0v) is 9.72. The number of imidazole rings is 1. The molecule has 2 aromatic rings. The lowest BCUT2D eigenvalue weighted by Gasteiger charge is -2.02. The first-order chi connectivity index (χ1) is 8.31. The van der Waals surface area contributed by atoms with Gasteiger partial charge in [-0.1, -0.05) is 13.0 Å². The van der Waals surface area contributed by atoms with Crippen LogP contribution in [0.1, 0.15) is 36.9 Å². The Morgan fingerprint density at radius 2 is 2.18 bits per heavy atom. The van der Waals surface area contributed by atoms with Gasteiger partial charge in [-0.15, -0.1) is 0 Å². The fraction of sp³-hybridized carbons (Fsp3) is 0.385. The molecule has 2 aromatic heterocycles. The van der Waals surface area contributed by atoms with E-state index < -0.39 is 0 Å². The Morgan fingerprint density at radius 3 is 2.76 bits per heavy atom. The van der Waals surface area contributed by atoms with Gasteiger partial charge in [0.25, 0.3) is 0 Å². The average molecular weight is 230 g/mol. The number of hydrogen-bond donors (Lipinski definition) is 0. The Hall–Kier alpha value is -1.93. The Balaban J connectivity index is 0.000000329. The second kappa shape index (κ2) is 4.93. The molecular weight excluding hydrogens is 216 g/mol. The zero-order valence-electron chi connectivity index (χ0n) is 9.72. The van der Waals surface area contributed by atoms with Crippen LogP contribution in [0.5, 0.6) is 0 Å². The fourth-order valence-corrected chi connectivity index (χ4v) is 2.06. The van der Waals surface area contributed by atoms with Crippen molar-refractivity contribution in [3.8, 4) is 0 Å². The molecule has 0 atom stereocenters. The molecule has 0 aliphatic heterocycles. The Labute approximate surface area is 99.3 Å². The molecule has 4 heteroatoms. The highest BCUT2D eigenvalue weighted by Gasteiger charge is 2.26. The number of nitrogens with zero attached hydrogens (tertiary/aromatic N) is 2. The summed E-state index contributed by atoms with van der Waals surface area (Å²) >= 11 is 0.